The molecule has 204 valence electrons. The highest BCUT2D eigenvalue weighted by molar-refractivity contribution is 6.09. The topological polar surface area (TPSA) is 30.7 Å². The molecule has 1 unspecified atom stereocenters. The molecule has 0 radical (unpaired) electrons. The zero-order valence-electron chi connectivity index (χ0n) is 23.6. The highest BCUT2D eigenvalue weighted by Crippen LogP contribution is 2.35. The van der Waals surface area contributed by atoms with E-state index in [9.17, 15) is 0 Å². The fourth-order valence-electron chi connectivity index (χ4n) is 6.20. The number of nitrogens with zero attached hydrogens (tertiary/aromatic N) is 3. The lowest BCUT2D eigenvalue weighted by molar-refractivity contribution is 0.811. The van der Waals surface area contributed by atoms with Crippen LogP contribution in [-0.4, -0.2) is 14.5 Å². The molecular formula is C40H29N3. The van der Waals surface area contributed by atoms with E-state index in [4.69, 9.17) is 9.97 Å². The van der Waals surface area contributed by atoms with E-state index < -0.39 is 0 Å². The Balaban J connectivity index is 1.23. The number of benzene rings is 5. The van der Waals surface area contributed by atoms with Crippen LogP contribution in [0.3, 0.4) is 0 Å². The number of hydrogen-bond donors (Lipinski definition) is 0. The Bertz CT molecular complexity index is 2110. The molecule has 1 aliphatic rings. The van der Waals surface area contributed by atoms with Gasteiger partial charge in [0.15, 0.2) is 5.82 Å². The van der Waals surface area contributed by atoms with Gasteiger partial charge in [-0.2, -0.15) is 0 Å². The highest BCUT2D eigenvalue weighted by Gasteiger charge is 2.16. The summed E-state index contributed by atoms with van der Waals surface area (Å²) in [6.45, 7) is 0. The molecule has 2 heterocycles. The summed E-state index contributed by atoms with van der Waals surface area (Å²) < 4.78 is 2.37. The maximum Gasteiger partial charge on any atom is 0.160 e. The van der Waals surface area contributed by atoms with Crippen LogP contribution in [0.5, 0.6) is 0 Å². The lowest BCUT2D eigenvalue weighted by Crippen LogP contribution is -2.04. The lowest BCUT2D eigenvalue weighted by atomic mass is 9.95. The van der Waals surface area contributed by atoms with Crippen molar-refractivity contribution in [1.29, 1.82) is 0 Å². The number of fused-ring (bicyclic) bond motifs is 3. The molecule has 43 heavy (non-hydrogen) atoms. The molecule has 2 aromatic heterocycles. The fraction of sp³-hybridized carbons (Fsp3) is 0.0500. The van der Waals surface area contributed by atoms with Crippen LogP contribution in [0.15, 0.2) is 158 Å². The first kappa shape index (κ1) is 25.2. The molecule has 1 aliphatic carbocycles. The van der Waals surface area contributed by atoms with Gasteiger partial charge in [-0.05, 0) is 53.9 Å². The predicted octanol–water partition coefficient (Wildman–Crippen LogP) is 10.2. The molecule has 0 amide bonds. The molecule has 5 aromatic carbocycles. The van der Waals surface area contributed by atoms with Crippen LogP contribution in [0.25, 0.3) is 61.3 Å². The molecule has 7 aromatic rings. The maximum atomic E-state index is 5.07. The molecule has 3 heteroatoms. The molecule has 0 saturated heterocycles. The van der Waals surface area contributed by atoms with Gasteiger partial charge in [-0.1, -0.05) is 121 Å². The molecule has 0 spiro atoms. The second-order valence-electron chi connectivity index (χ2n) is 11.0. The minimum atomic E-state index is 0.236. The van der Waals surface area contributed by atoms with E-state index in [2.05, 4.69) is 144 Å². The Labute approximate surface area is 251 Å². The third-order valence-corrected chi connectivity index (χ3v) is 8.31. The summed E-state index contributed by atoms with van der Waals surface area (Å²) in [5.74, 6) is 0.995. The van der Waals surface area contributed by atoms with E-state index in [1.807, 2.05) is 18.2 Å². The molecule has 0 aliphatic heterocycles. The van der Waals surface area contributed by atoms with Crippen molar-refractivity contribution in [3.05, 3.63) is 163 Å². The molecule has 0 bridgehead atoms. The van der Waals surface area contributed by atoms with Crippen LogP contribution in [0, 0.1) is 0 Å². The first-order valence-electron chi connectivity index (χ1n) is 14.8. The summed E-state index contributed by atoms with van der Waals surface area (Å²) in [5, 5.41) is 2.53. The first-order chi connectivity index (χ1) is 21.3. The van der Waals surface area contributed by atoms with Crippen molar-refractivity contribution in [3.8, 4) is 39.5 Å². The number of para-hydroxylation sites is 2. The number of aromatic nitrogens is 3. The van der Waals surface area contributed by atoms with Gasteiger partial charge in [0.25, 0.3) is 0 Å². The summed E-state index contributed by atoms with van der Waals surface area (Å²) in [7, 11) is 0. The van der Waals surface area contributed by atoms with E-state index >= 15 is 0 Å². The van der Waals surface area contributed by atoms with E-state index in [0.29, 0.717) is 0 Å². The average molecular weight is 552 g/mol. The summed E-state index contributed by atoms with van der Waals surface area (Å²) in [6.07, 6.45) is 9.60. The van der Waals surface area contributed by atoms with Crippen LogP contribution < -0.4 is 0 Å². The van der Waals surface area contributed by atoms with Crippen molar-refractivity contribution < 1.29 is 0 Å². The maximum absolute atomic E-state index is 5.07. The Morgan fingerprint density at radius 2 is 1.19 bits per heavy atom. The molecule has 1 atom stereocenters. The Morgan fingerprint density at radius 1 is 0.535 bits per heavy atom. The van der Waals surface area contributed by atoms with E-state index in [1.165, 1.54) is 27.4 Å². The SMILES string of the molecule is C1=CCC(c2cc(-c3cccc(-c4cccc(-n5c6ccccc6c6ccccc65)c4)c3)nc(-c3ccccc3)n2)C=C1. The number of hydrogen-bond acceptors (Lipinski definition) is 2. The zero-order valence-corrected chi connectivity index (χ0v) is 23.6. The van der Waals surface area contributed by atoms with Crippen LogP contribution in [0.4, 0.5) is 0 Å². The van der Waals surface area contributed by atoms with Gasteiger partial charge >= 0.3 is 0 Å². The molecule has 0 saturated carbocycles. The second-order valence-corrected chi connectivity index (χ2v) is 11.0. The van der Waals surface area contributed by atoms with Crippen molar-refractivity contribution in [3.63, 3.8) is 0 Å². The third kappa shape index (κ3) is 4.65. The number of allylic oxidation sites excluding steroid dienone is 4. The number of rotatable bonds is 5. The Morgan fingerprint density at radius 3 is 1.93 bits per heavy atom. The minimum Gasteiger partial charge on any atom is -0.309 e. The Kier molecular flexibility index (Phi) is 6.27. The second kappa shape index (κ2) is 10.7. The lowest BCUT2D eigenvalue weighted by Gasteiger charge is -2.16. The molecule has 0 fully saturated rings. The van der Waals surface area contributed by atoms with Crippen LogP contribution in [-0.2, 0) is 0 Å². The summed E-state index contributed by atoms with van der Waals surface area (Å²) in [5.41, 5.74) is 9.97. The van der Waals surface area contributed by atoms with Crippen molar-refractivity contribution >= 4 is 21.8 Å². The Hall–Kier alpha value is -5.54. The fourth-order valence-corrected chi connectivity index (χ4v) is 6.20. The van der Waals surface area contributed by atoms with E-state index in [-0.39, 0.29) is 5.92 Å². The highest BCUT2D eigenvalue weighted by atomic mass is 15.0. The van der Waals surface area contributed by atoms with Gasteiger partial charge in [0.1, 0.15) is 0 Å². The summed E-state index contributed by atoms with van der Waals surface area (Å²) in [4.78, 5) is 10.1. The smallest absolute Gasteiger partial charge is 0.160 e. The standard InChI is InChI=1S/C40H29N3/c1-3-13-28(14-4-1)36-27-37(42-40(41-36)29-15-5-2-6-16-29)32-19-11-17-30(25-32)31-18-12-20-33(26-31)43-38-23-9-7-21-34(38)35-22-8-10-24-39(35)43/h1-13,15-28H,14H2. The van der Waals surface area contributed by atoms with Crippen molar-refractivity contribution in [2.24, 2.45) is 0 Å². The van der Waals surface area contributed by atoms with Gasteiger partial charge in [0, 0.05) is 33.5 Å². The molecule has 0 N–H and O–H groups in total. The van der Waals surface area contributed by atoms with Gasteiger partial charge < -0.3 is 4.57 Å². The minimum absolute atomic E-state index is 0.236. The monoisotopic (exact) mass is 551 g/mol. The van der Waals surface area contributed by atoms with E-state index in [1.54, 1.807) is 0 Å². The normalized spacial score (nSPS) is 14.5. The van der Waals surface area contributed by atoms with Gasteiger partial charge in [-0.3, -0.25) is 0 Å². The van der Waals surface area contributed by atoms with Gasteiger partial charge in [0.05, 0.1) is 22.4 Å². The molecular weight excluding hydrogens is 522 g/mol. The van der Waals surface area contributed by atoms with Crippen LogP contribution >= 0.6 is 0 Å². The zero-order chi connectivity index (χ0) is 28.6. The van der Waals surface area contributed by atoms with Gasteiger partial charge in [-0.25, -0.2) is 9.97 Å². The third-order valence-electron chi connectivity index (χ3n) is 8.31. The van der Waals surface area contributed by atoms with Crippen molar-refractivity contribution in [1.82, 2.24) is 14.5 Å². The van der Waals surface area contributed by atoms with Crippen molar-refractivity contribution in [2.75, 3.05) is 0 Å². The van der Waals surface area contributed by atoms with E-state index in [0.717, 1.165) is 46.0 Å². The van der Waals surface area contributed by atoms with Gasteiger partial charge in [0.2, 0.25) is 0 Å². The predicted molar refractivity (Wildman–Crippen MR) is 178 cm³/mol. The van der Waals surface area contributed by atoms with Crippen molar-refractivity contribution in [2.45, 2.75) is 12.3 Å². The van der Waals surface area contributed by atoms with Crippen LogP contribution in [0.1, 0.15) is 18.0 Å². The summed E-state index contributed by atoms with van der Waals surface area (Å²) in [6, 6.07) is 47.3. The summed E-state index contributed by atoms with van der Waals surface area (Å²) >= 11 is 0. The quantitative estimate of drug-likeness (QED) is 0.213. The molecule has 8 rings (SSSR count). The first-order valence-corrected chi connectivity index (χ1v) is 14.8. The average Bonchev–Trinajstić information content (AvgIpc) is 3.43. The largest absolute Gasteiger partial charge is 0.309 e. The van der Waals surface area contributed by atoms with Crippen LogP contribution in [0.2, 0.25) is 0 Å². The van der Waals surface area contributed by atoms with Gasteiger partial charge in [-0.15, -0.1) is 0 Å². The molecule has 3 nitrogen and oxygen atoms in total.